The van der Waals surface area contributed by atoms with Crippen LogP contribution in [0.3, 0.4) is 0 Å². The second-order valence-electron chi connectivity index (χ2n) is 5.77. The van der Waals surface area contributed by atoms with E-state index >= 15 is 0 Å². The van der Waals surface area contributed by atoms with E-state index in [1.54, 1.807) is 30.9 Å². The average molecular weight is 335 g/mol. The van der Waals surface area contributed by atoms with E-state index in [1.807, 2.05) is 41.0 Å². The fourth-order valence-corrected chi connectivity index (χ4v) is 2.88. The van der Waals surface area contributed by atoms with E-state index in [1.165, 1.54) is 0 Å². The zero-order chi connectivity index (χ0) is 17.2. The zero-order valence-corrected chi connectivity index (χ0v) is 14.3. The van der Waals surface area contributed by atoms with Crippen molar-refractivity contribution in [2.45, 2.75) is 6.42 Å². The molecule has 0 saturated carbocycles. The number of benzene rings is 2. The Morgan fingerprint density at radius 1 is 0.962 bits per heavy atom. The van der Waals surface area contributed by atoms with Crippen LogP contribution in [-0.4, -0.2) is 20.5 Å². The number of hydrogen-bond donors (Lipinski definition) is 0. The van der Waals surface area contributed by atoms with E-state index < -0.39 is 5.97 Å². The van der Waals surface area contributed by atoms with Crippen LogP contribution in [0.4, 0.5) is 0 Å². The van der Waals surface area contributed by atoms with Crippen molar-refractivity contribution in [1.82, 2.24) is 14.5 Å². The van der Waals surface area contributed by atoms with E-state index in [2.05, 4.69) is 16.0 Å². The molecule has 5 nitrogen and oxygen atoms in total. The molecule has 0 unspecified atom stereocenters. The molecular weight excluding hydrogens is 321 g/mol. The first-order chi connectivity index (χ1) is 12.2. The second-order valence-corrected chi connectivity index (χ2v) is 5.77. The molecule has 0 fully saturated rings. The molecule has 0 aliphatic carbocycles. The van der Waals surface area contributed by atoms with Crippen LogP contribution in [0.2, 0.25) is 0 Å². The molecule has 122 valence electrons. The molecule has 4 rings (SSSR count). The summed E-state index contributed by atoms with van der Waals surface area (Å²) in [6.07, 6.45) is 5.23. The van der Waals surface area contributed by atoms with Gasteiger partial charge >= 0.3 is 18.9 Å². The number of rotatable bonds is 4. The number of carboxylic acids is 1. The molecule has 0 saturated heterocycles. The number of pyridine rings is 1. The van der Waals surface area contributed by atoms with Gasteiger partial charge in [0.2, 0.25) is 0 Å². The largest absolute Gasteiger partial charge is 1.00 e. The monoisotopic (exact) mass is 335 g/mol. The topological polar surface area (TPSA) is 70.8 Å². The molecule has 0 N–H and O–H groups in total. The third-order valence-corrected chi connectivity index (χ3v) is 4.12. The molecule has 0 radical (unpaired) electrons. The second kappa shape index (κ2) is 7.57. The Morgan fingerprint density at radius 2 is 1.69 bits per heavy atom. The van der Waals surface area contributed by atoms with E-state index in [4.69, 9.17) is 0 Å². The molecular formula is C20H14LiN3O2. The number of fused-ring (bicyclic) bond motifs is 1. The minimum Gasteiger partial charge on any atom is -0.550 e. The van der Waals surface area contributed by atoms with Gasteiger partial charge in [0.1, 0.15) is 6.33 Å². The molecule has 0 bridgehead atoms. The van der Waals surface area contributed by atoms with E-state index in [0.29, 0.717) is 5.56 Å². The first-order valence-corrected chi connectivity index (χ1v) is 7.87. The summed E-state index contributed by atoms with van der Waals surface area (Å²) in [5, 5.41) is 10.7. The average Bonchev–Trinajstić information content (AvgIpc) is 3.06. The van der Waals surface area contributed by atoms with Crippen LogP contribution >= 0.6 is 0 Å². The standard InChI is InChI=1S/C20H15N3O2.Li/c24-20(25)11-14-1-4-17(5-2-14)23-13-22-18-12-16(3-6-19(18)23)15-7-9-21-10-8-15;/h1-10,12-13H,11H2,(H,24,25);/q;+1/p-1. The SMILES string of the molecule is O=C([O-])Cc1ccc(-n2cnc3cc(-c4ccncc4)ccc32)cc1.[Li+]. The minimum absolute atomic E-state index is 0. The smallest absolute Gasteiger partial charge is 0.550 e. The maximum Gasteiger partial charge on any atom is 1.00 e. The van der Waals surface area contributed by atoms with Crippen molar-refractivity contribution in [3.05, 3.63) is 78.9 Å². The van der Waals surface area contributed by atoms with Gasteiger partial charge in [-0.25, -0.2) is 4.98 Å². The summed E-state index contributed by atoms with van der Waals surface area (Å²) in [7, 11) is 0. The van der Waals surface area contributed by atoms with Gasteiger partial charge in [-0.15, -0.1) is 0 Å². The Balaban J connectivity index is 0.00000196. The maximum absolute atomic E-state index is 10.7. The van der Waals surface area contributed by atoms with Gasteiger partial charge < -0.3 is 9.90 Å². The third kappa shape index (κ3) is 3.55. The quantitative estimate of drug-likeness (QED) is 0.466. The number of imidazole rings is 1. The number of aromatic nitrogens is 3. The molecule has 0 aliphatic rings. The summed E-state index contributed by atoms with van der Waals surface area (Å²) in [4.78, 5) is 19.2. The van der Waals surface area contributed by atoms with Gasteiger partial charge in [-0.3, -0.25) is 9.55 Å². The minimum atomic E-state index is -1.08. The summed E-state index contributed by atoms with van der Waals surface area (Å²) in [5.41, 5.74) is 5.72. The van der Waals surface area contributed by atoms with Crippen molar-refractivity contribution in [2.75, 3.05) is 0 Å². The zero-order valence-electron chi connectivity index (χ0n) is 14.3. The Kier molecular flexibility index (Phi) is 5.22. The van der Waals surface area contributed by atoms with Crippen molar-refractivity contribution in [3.8, 4) is 16.8 Å². The number of hydrogen-bond acceptors (Lipinski definition) is 4. The molecule has 0 spiro atoms. The summed E-state index contributed by atoms with van der Waals surface area (Å²) < 4.78 is 1.98. The van der Waals surface area contributed by atoms with Gasteiger partial charge in [0.15, 0.2) is 0 Å². The van der Waals surface area contributed by atoms with E-state index in [0.717, 1.165) is 27.8 Å². The van der Waals surface area contributed by atoms with Crippen LogP contribution in [0.1, 0.15) is 5.56 Å². The maximum atomic E-state index is 10.7. The third-order valence-electron chi connectivity index (χ3n) is 4.12. The van der Waals surface area contributed by atoms with Crippen molar-refractivity contribution < 1.29 is 28.8 Å². The molecule has 0 aliphatic heterocycles. The molecule has 2 heterocycles. The van der Waals surface area contributed by atoms with Gasteiger partial charge in [-0.05, 0) is 53.1 Å². The Morgan fingerprint density at radius 3 is 2.38 bits per heavy atom. The van der Waals surface area contributed by atoms with Gasteiger partial charge in [-0.2, -0.15) is 0 Å². The first-order valence-electron chi connectivity index (χ1n) is 7.87. The molecule has 4 aromatic rings. The van der Waals surface area contributed by atoms with Gasteiger partial charge in [0, 0.05) is 30.5 Å². The van der Waals surface area contributed by atoms with Crippen LogP contribution in [0.15, 0.2) is 73.3 Å². The summed E-state index contributed by atoms with van der Waals surface area (Å²) >= 11 is 0. The van der Waals surface area contributed by atoms with Crippen molar-refractivity contribution in [2.24, 2.45) is 0 Å². The van der Waals surface area contributed by atoms with Crippen LogP contribution in [0, 0.1) is 0 Å². The Hall–Kier alpha value is -2.87. The van der Waals surface area contributed by atoms with Crippen LogP contribution in [0.25, 0.3) is 27.8 Å². The van der Waals surface area contributed by atoms with E-state index in [9.17, 15) is 9.90 Å². The molecule has 26 heavy (non-hydrogen) atoms. The summed E-state index contributed by atoms with van der Waals surface area (Å²) in [5.74, 6) is -1.08. The number of carboxylic acid groups (broad SMARTS) is 1. The van der Waals surface area contributed by atoms with Crippen LogP contribution in [-0.2, 0) is 11.2 Å². The predicted octanol–water partition coefficient (Wildman–Crippen LogP) is -0.616. The van der Waals surface area contributed by atoms with Crippen molar-refractivity contribution >= 4 is 17.0 Å². The van der Waals surface area contributed by atoms with Gasteiger partial charge in [0.05, 0.1) is 11.0 Å². The Bertz CT molecular complexity index is 1040. The number of aliphatic carboxylic acids is 1. The summed E-state index contributed by atoms with van der Waals surface area (Å²) in [6.45, 7) is 0. The predicted molar refractivity (Wildman–Crippen MR) is 93.0 cm³/mol. The fraction of sp³-hybridized carbons (Fsp3) is 0.0500. The normalized spacial score (nSPS) is 10.5. The molecule has 2 aromatic heterocycles. The molecule has 0 atom stereocenters. The molecule has 6 heteroatoms. The van der Waals surface area contributed by atoms with Crippen LogP contribution in [0.5, 0.6) is 0 Å². The van der Waals surface area contributed by atoms with Crippen molar-refractivity contribution in [1.29, 1.82) is 0 Å². The fourth-order valence-electron chi connectivity index (χ4n) is 2.88. The number of carbonyl (C=O) groups excluding carboxylic acids is 1. The first kappa shape index (κ1) is 17.9. The van der Waals surface area contributed by atoms with E-state index in [-0.39, 0.29) is 25.3 Å². The molecule has 2 aromatic carbocycles. The molecule has 0 amide bonds. The van der Waals surface area contributed by atoms with Gasteiger partial charge in [0.25, 0.3) is 0 Å². The van der Waals surface area contributed by atoms with Gasteiger partial charge in [-0.1, -0.05) is 18.2 Å². The number of carbonyl (C=O) groups is 1. The Labute approximate surface area is 162 Å². The summed E-state index contributed by atoms with van der Waals surface area (Å²) in [6, 6.07) is 17.4. The number of nitrogens with zero attached hydrogens (tertiary/aromatic N) is 3. The van der Waals surface area contributed by atoms with Crippen molar-refractivity contribution in [3.63, 3.8) is 0 Å². The van der Waals surface area contributed by atoms with Crippen LogP contribution < -0.4 is 24.0 Å².